The van der Waals surface area contributed by atoms with Crippen LogP contribution in [-0.2, 0) is 0 Å². The normalized spacial score (nSPS) is 11.3. The zero-order valence-corrected chi connectivity index (χ0v) is 10.9. The largest absolute Gasteiger partial charge is 0.494 e. The molecule has 3 aromatic heterocycles. The molecule has 0 unspecified atom stereocenters. The number of nitrogens with one attached hydrogen (secondary N) is 2. The summed E-state index contributed by atoms with van der Waals surface area (Å²) >= 11 is 0. The van der Waals surface area contributed by atoms with Gasteiger partial charge in [0.25, 0.3) is 5.56 Å². The van der Waals surface area contributed by atoms with E-state index in [2.05, 4.69) is 30.7 Å². The van der Waals surface area contributed by atoms with Gasteiger partial charge >= 0.3 is 0 Å². The Morgan fingerprint density at radius 1 is 1.33 bits per heavy atom. The SMILES string of the molecule is COc1cccc2c(=O)n3[nH]c(-c4nn[nH]n4)cc3nc12. The number of hydrogen-bond donors (Lipinski definition) is 2. The lowest BCUT2D eigenvalue weighted by Gasteiger charge is -2.03. The summed E-state index contributed by atoms with van der Waals surface area (Å²) in [4.78, 5) is 17.0. The Hall–Kier alpha value is -3.23. The minimum absolute atomic E-state index is 0.219. The van der Waals surface area contributed by atoms with Crippen LogP contribution in [0.4, 0.5) is 0 Å². The standard InChI is InChI=1S/C12H9N7O2/c1-21-8-4-2-3-6-10(8)13-9-5-7(11-14-17-18-15-11)16-19(9)12(6)20/h2-5,16H,1H3,(H,14,15,17,18). The number of nitrogens with zero attached hydrogens (tertiary/aromatic N) is 5. The van der Waals surface area contributed by atoms with Crippen LogP contribution in [0.2, 0.25) is 0 Å². The fourth-order valence-electron chi connectivity index (χ4n) is 2.24. The van der Waals surface area contributed by atoms with E-state index in [0.717, 1.165) is 0 Å². The predicted molar refractivity (Wildman–Crippen MR) is 73.0 cm³/mol. The highest BCUT2D eigenvalue weighted by Crippen LogP contribution is 2.22. The van der Waals surface area contributed by atoms with Gasteiger partial charge in [0.15, 0.2) is 5.65 Å². The smallest absolute Gasteiger partial charge is 0.280 e. The third kappa shape index (κ3) is 1.60. The van der Waals surface area contributed by atoms with Crippen molar-refractivity contribution in [1.29, 1.82) is 0 Å². The lowest BCUT2D eigenvalue weighted by molar-refractivity contribution is 0.419. The number of rotatable bonds is 2. The Morgan fingerprint density at radius 3 is 3.00 bits per heavy atom. The second-order valence-electron chi connectivity index (χ2n) is 4.37. The molecular formula is C12H9N7O2. The Labute approximate surface area is 116 Å². The number of H-pyrrole nitrogens is 2. The number of methoxy groups -OCH3 is 1. The van der Waals surface area contributed by atoms with Crippen LogP contribution in [0.15, 0.2) is 29.1 Å². The molecule has 0 aliphatic carbocycles. The molecular weight excluding hydrogens is 274 g/mol. The summed E-state index contributed by atoms with van der Waals surface area (Å²) in [5, 5.41) is 17.0. The molecule has 3 heterocycles. The van der Waals surface area contributed by atoms with Crippen LogP contribution in [0, 0.1) is 0 Å². The molecule has 0 radical (unpaired) electrons. The van der Waals surface area contributed by atoms with Gasteiger partial charge in [0.1, 0.15) is 17.0 Å². The number of hydrogen-bond acceptors (Lipinski definition) is 6. The topological polar surface area (TPSA) is 114 Å². The van der Waals surface area contributed by atoms with E-state index in [4.69, 9.17) is 4.74 Å². The summed E-state index contributed by atoms with van der Waals surface area (Å²) in [5.74, 6) is 0.908. The summed E-state index contributed by atoms with van der Waals surface area (Å²) in [6, 6.07) is 6.89. The second kappa shape index (κ2) is 4.13. The summed E-state index contributed by atoms with van der Waals surface area (Å²) in [5.41, 5.74) is 1.30. The van der Waals surface area contributed by atoms with Crippen molar-refractivity contribution in [2.45, 2.75) is 0 Å². The highest BCUT2D eigenvalue weighted by molar-refractivity contribution is 5.85. The van der Waals surface area contributed by atoms with E-state index in [9.17, 15) is 4.79 Å². The Morgan fingerprint density at radius 2 is 2.24 bits per heavy atom. The van der Waals surface area contributed by atoms with Crippen LogP contribution in [0.5, 0.6) is 5.75 Å². The summed E-state index contributed by atoms with van der Waals surface area (Å²) in [6.45, 7) is 0. The molecule has 0 saturated carbocycles. The van der Waals surface area contributed by atoms with Gasteiger partial charge in [-0.3, -0.25) is 9.89 Å². The van der Waals surface area contributed by atoms with Gasteiger partial charge in [-0.15, -0.1) is 10.2 Å². The van der Waals surface area contributed by atoms with Crippen LogP contribution < -0.4 is 10.3 Å². The average molecular weight is 283 g/mol. The van der Waals surface area contributed by atoms with Gasteiger partial charge in [-0.2, -0.15) is 5.21 Å². The van der Waals surface area contributed by atoms with Crippen LogP contribution in [0.25, 0.3) is 28.1 Å². The summed E-state index contributed by atoms with van der Waals surface area (Å²) < 4.78 is 6.59. The third-order valence-electron chi connectivity index (χ3n) is 3.20. The monoisotopic (exact) mass is 283 g/mol. The molecule has 4 rings (SSSR count). The van der Waals surface area contributed by atoms with E-state index in [0.29, 0.717) is 33.8 Å². The van der Waals surface area contributed by atoms with Crippen molar-refractivity contribution in [3.8, 4) is 17.3 Å². The highest BCUT2D eigenvalue weighted by Gasteiger charge is 2.13. The fourth-order valence-corrected chi connectivity index (χ4v) is 2.24. The zero-order valence-electron chi connectivity index (χ0n) is 10.9. The number of para-hydroxylation sites is 1. The van der Waals surface area contributed by atoms with Gasteiger partial charge in [0, 0.05) is 6.07 Å². The van der Waals surface area contributed by atoms with Crippen LogP contribution >= 0.6 is 0 Å². The van der Waals surface area contributed by atoms with Crippen molar-refractivity contribution >= 4 is 16.6 Å². The Balaban J connectivity index is 2.10. The summed E-state index contributed by atoms with van der Waals surface area (Å²) in [6.07, 6.45) is 0. The molecule has 21 heavy (non-hydrogen) atoms. The van der Waals surface area contributed by atoms with Crippen molar-refractivity contribution in [2.24, 2.45) is 0 Å². The van der Waals surface area contributed by atoms with E-state index in [-0.39, 0.29) is 5.56 Å². The van der Waals surface area contributed by atoms with E-state index in [1.807, 2.05) is 0 Å². The minimum Gasteiger partial charge on any atom is -0.494 e. The first kappa shape index (κ1) is 11.6. The number of ether oxygens (including phenoxy) is 1. The van der Waals surface area contributed by atoms with Gasteiger partial charge in [-0.1, -0.05) is 6.07 Å². The first-order chi connectivity index (χ1) is 10.3. The van der Waals surface area contributed by atoms with E-state index in [1.165, 1.54) is 4.52 Å². The zero-order chi connectivity index (χ0) is 14.4. The van der Waals surface area contributed by atoms with Crippen LogP contribution in [0.3, 0.4) is 0 Å². The first-order valence-electron chi connectivity index (χ1n) is 6.10. The molecule has 0 aliphatic heterocycles. The third-order valence-corrected chi connectivity index (χ3v) is 3.20. The molecule has 0 spiro atoms. The second-order valence-corrected chi connectivity index (χ2v) is 4.37. The molecule has 104 valence electrons. The molecule has 0 fully saturated rings. The quantitative estimate of drug-likeness (QED) is 0.549. The molecule has 0 atom stereocenters. The van der Waals surface area contributed by atoms with Gasteiger partial charge in [-0.25, -0.2) is 9.50 Å². The highest BCUT2D eigenvalue weighted by atomic mass is 16.5. The molecule has 4 aromatic rings. The fraction of sp³-hybridized carbons (Fsp3) is 0.0833. The molecule has 2 N–H and O–H groups in total. The molecule has 0 bridgehead atoms. The van der Waals surface area contributed by atoms with E-state index >= 15 is 0 Å². The maximum atomic E-state index is 12.5. The van der Waals surface area contributed by atoms with Crippen molar-refractivity contribution in [2.75, 3.05) is 7.11 Å². The molecule has 0 aliphatic rings. The van der Waals surface area contributed by atoms with Gasteiger partial charge < -0.3 is 4.74 Å². The molecule has 1 aromatic carbocycles. The molecule has 9 heteroatoms. The number of aromatic amines is 2. The van der Waals surface area contributed by atoms with Crippen molar-refractivity contribution < 1.29 is 4.74 Å². The van der Waals surface area contributed by atoms with E-state index in [1.54, 1.807) is 31.4 Å². The maximum Gasteiger partial charge on any atom is 0.280 e. The lowest BCUT2D eigenvalue weighted by atomic mass is 10.2. The molecule has 0 saturated heterocycles. The predicted octanol–water partition coefficient (Wildman–Crippen LogP) is 0.364. The van der Waals surface area contributed by atoms with Gasteiger partial charge in [0.2, 0.25) is 5.82 Å². The lowest BCUT2D eigenvalue weighted by Crippen LogP contribution is -2.15. The van der Waals surface area contributed by atoms with Crippen molar-refractivity contribution in [3.63, 3.8) is 0 Å². The van der Waals surface area contributed by atoms with Crippen LogP contribution in [-0.4, -0.2) is 42.3 Å². The molecule has 9 nitrogen and oxygen atoms in total. The number of benzene rings is 1. The Kier molecular flexibility index (Phi) is 2.28. The van der Waals surface area contributed by atoms with Gasteiger partial charge in [0.05, 0.1) is 12.5 Å². The van der Waals surface area contributed by atoms with Crippen LogP contribution in [0.1, 0.15) is 0 Å². The average Bonchev–Trinajstić information content (AvgIpc) is 3.15. The number of aromatic nitrogens is 7. The Bertz CT molecular complexity index is 1000. The van der Waals surface area contributed by atoms with Crippen molar-refractivity contribution in [1.82, 2.24) is 35.2 Å². The number of fused-ring (bicyclic) bond motifs is 2. The molecule has 0 amide bonds. The van der Waals surface area contributed by atoms with E-state index < -0.39 is 0 Å². The van der Waals surface area contributed by atoms with Gasteiger partial charge in [-0.05, 0) is 17.3 Å². The van der Waals surface area contributed by atoms with Crippen molar-refractivity contribution in [3.05, 3.63) is 34.6 Å². The summed E-state index contributed by atoms with van der Waals surface area (Å²) in [7, 11) is 1.54. The number of tetrazole rings is 1. The minimum atomic E-state index is -0.219. The maximum absolute atomic E-state index is 12.5. The first-order valence-corrected chi connectivity index (χ1v) is 6.10.